The monoisotopic (exact) mass is 476 g/mol. The number of benzene rings is 1. The second-order valence-corrected chi connectivity index (χ2v) is 11.6. The van der Waals surface area contributed by atoms with E-state index in [9.17, 15) is 18.0 Å². The van der Waals surface area contributed by atoms with Crippen LogP contribution in [0.25, 0.3) is 0 Å². The number of amides is 1. The first-order valence-corrected chi connectivity index (χ1v) is 13.7. The normalized spacial score (nSPS) is 23.1. The molecule has 2 saturated carbocycles. The minimum absolute atomic E-state index is 0.0724. The lowest BCUT2D eigenvalue weighted by molar-refractivity contribution is -0.142. The van der Waals surface area contributed by atoms with Gasteiger partial charge in [-0.25, -0.2) is 13.4 Å². The number of hydrogen-bond acceptors (Lipinski definition) is 7. The molecule has 2 aromatic rings. The van der Waals surface area contributed by atoms with Gasteiger partial charge in [-0.15, -0.1) is 11.3 Å². The molecule has 7 nitrogen and oxygen atoms in total. The summed E-state index contributed by atoms with van der Waals surface area (Å²) < 4.78 is 28.7. The van der Waals surface area contributed by atoms with Crippen LogP contribution in [0.3, 0.4) is 0 Å². The number of anilines is 1. The number of hydrogen-bond donors (Lipinski definition) is 1. The molecule has 0 saturated heterocycles. The van der Waals surface area contributed by atoms with Crippen LogP contribution in [0.4, 0.5) is 5.13 Å². The molecule has 0 radical (unpaired) electrons. The third kappa shape index (κ3) is 4.59. The van der Waals surface area contributed by atoms with Crippen LogP contribution in [0.1, 0.15) is 50.3 Å². The Balaban J connectivity index is 1.56. The van der Waals surface area contributed by atoms with Crippen molar-refractivity contribution in [3.63, 3.8) is 0 Å². The highest BCUT2D eigenvalue weighted by atomic mass is 32.2. The molecule has 1 N–H and O–H groups in total. The zero-order valence-corrected chi connectivity index (χ0v) is 19.9. The number of esters is 1. The first-order valence-electron chi connectivity index (χ1n) is 11.0. The van der Waals surface area contributed by atoms with Gasteiger partial charge in [0.1, 0.15) is 0 Å². The zero-order chi connectivity index (χ0) is 22.9. The Labute approximate surface area is 192 Å². The fourth-order valence-corrected chi connectivity index (χ4v) is 6.29. The summed E-state index contributed by atoms with van der Waals surface area (Å²) in [5.41, 5.74) is 0.749. The summed E-state index contributed by atoms with van der Waals surface area (Å²) >= 11 is 1.29. The minimum Gasteiger partial charge on any atom is -0.466 e. The lowest BCUT2D eigenvalue weighted by Crippen LogP contribution is -2.31. The van der Waals surface area contributed by atoms with Gasteiger partial charge in [-0.1, -0.05) is 37.8 Å². The molecule has 0 aliphatic heterocycles. The number of aromatic nitrogens is 1. The van der Waals surface area contributed by atoms with Gasteiger partial charge in [-0.2, -0.15) is 0 Å². The summed E-state index contributed by atoms with van der Waals surface area (Å²) in [5.74, 6) is 0.291. The SMILES string of the molecule is CCOC(=O)Cc1csc(NC(=O)C2(c3ccc(S(C)(=O)=O)cc3)CC2C2CCCC2)n1. The number of sulfone groups is 1. The van der Waals surface area contributed by atoms with Gasteiger partial charge >= 0.3 is 5.97 Å². The number of thiazole rings is 1. The van der Waals surface area contributed by atoms with Crippen molar-refractivity contribution < 1.29 is 22.7 Å². The van der Waals surface area contributed by atoms with Crippen LogP contribution in [0.5, 0.6) is 0 Å². The molecular formula is C23H28N2O5S2. The topological polar surface area (TPSA) is 102 Å². The van der Waals surface area contributed by atoms with Crippen LogP contribution in [-0.4, -0.2) is 38.1 Å². The second kappa shape index (κ2) is 8.94. The number of carbonyl (C=O) groups is 2. The van der Waals surface area contributed by atoms with E-state index in [0.29, 0.717) is 23.4 Å². The molecule has 172 valence electrons. The van der Waals surface area contributed by atoms with Gasteiger partial charge in [0.2, 0.25) is 5.91 Å². The first kappa shape index (κ1) is 22.9. The van der Waals surface area contributed by atoms with E-state index in [-0.39, 0.29) is 29.1 Å². The zero-order valence-electron chi connectivity index (χ0n) is 18.3. The fraction of sp³-hybridized carbons (Fsp3) is 0.522. The molecule has 2 atom stereocenters. The van der Waals surface area contributed by atoms with E-state index >= 15 is 0 Å². The minimum atomic E-state index is -3.30. The van der Waals surface area contributed by atoms with Crippen LogP contribution in [-0.2, 0) is 36.0 Å². The quantitative estimate of drug-likeness (QED) is 0.582. The standard InChI is InChI=1S/C23H28N2O5S2/c1-3-30-20(26)12-17-14-31-22(24-17)25-21(27)23(13-19(23)15-6-4-5-7-15)16-8-10-18(11-9-16)32(2,28)29/h8-11,14-15,19H,3-7,12-13H2,1-2H3,(H,24,25,27). The summed E-state index contributed by atoms with van der Waals surface area (Å²) in [6.45, 7) is 2.07. The van der Waals surface area contributed by atoms with Crippen molar-refractivity contribution in [2.45, 2.75) is 55.8 Å². The molecule has 2 unspecified atom stereocenters. The number of rotatable bonds is 8. The molecule has 2 aliphatic carbocycles. The Bertz CT molecular complexity index is 1100. The molecule has 4 rings (SSSR count). The lowest BCUT2D eigenvalue weighted by atomic mass is 9.87. The maximum Gasteiger partial charge on any atom is 0.311 e. The molecular weight excluding hydrogens is 448 g/mol. The molecule has 0 bridgehead atoms. The molecule has 1 heterocycles. The van der Waals surface area contributed by atoms with Crippen molar-refractivity contribution in [1.29, 1.82) is 0 Å². The summed E-state index contributed by atoms with van der Waals surface area (Å²) in [6, 6.07) is 6.73. The molecule has 9 heteroatoms. The Kier molecular flexibility index (Phi) is 6.40. The second-order valence-electron chi connectivity index (χ2n) is 8.70. The molecule has 1 aromatic carbocycles. The third-order valence-electron chi connectivity index (χ3n) is 6.59. The van der Waals surface area contributed by atoms with Crippen LogP contribution in [0.2, 0.25) is 0 Å². The first-order chi connectivity index (χ1) is 15.2. The van der Waals surface area contributed by atoms with E-state index in [2.05, 4.69) is 10.3 Å². The molecule has 0 spiro atoms. The Hall–Kier alpha value is -2.26. The van der Waals surface area contributed by atoms with Crippen LogP contribution < -0.4 is 5.32 Å². The largest absolute Gasteiger partial charge is 0.466 e. The van der Waals surface area contributed by atoms with Gasteiger partial charge in [-0.05, 0) is 42.9 Å². The number of ether oxygens (including phenoxy) is 1. The maximum atomic E-state index is 13.5. The molecule has 2 aliphatic rings. The van der Waals surface area contributed by atoms with E-state index in [1.807, 2.05) is 0 Å². The van der Waals surface area contributed by atoms with Gasteiger partial charge in [0.05, 0.1) is 29.0 Å². The highest BCUT2D eigenvalue weighted by molar-refractivity contribution is 7.90. The third-order valence-corrected chi connectivity index (χ3v) is 8.52. The lowest BCUT2D eigenvalue weighted by Gasteiger charge is -2.20. The van der Waals surface area contributed by atoms with E-state index in [1.54, 1.807) is 36.6 Å². The predicted molar refractivity (Wildman–Crippen MR) is 122 cm³/mol. The number of nitrogens with one attached hydrogen (secondary N) is 1. The van der Waals surface area contributed by atoms with E-state index < -0.39 is 15.3 Å². The highest BCUT2D eigenvalue weighted by Crippen LogP contribution is 2.61. The maximum absolute atomic E-state index is 13.5. The average Bonchev–Trinajstić information content (AvgIpc) is 3.06. The fourth-order valence-electron chi connectivity index (χ4n) is 4.95. The molecule has 2 fully saturated rings. The van der Waals surface area contributed by atoms with Crippen LogP contribution >= 0.6 is 11.3 Å². The predicted octanol–water partition coefficient (Wildman–Crippen LogP) is 3.74. The van der Waals surface area contributed by atoms with Crippen molar-refractivity contribution in [1.82, 2.24) is 4.98 Å². The van der Waals surface area contributed by atoms with Gasteiger partial charge in [-0.3, -0.25) is 9.59 Å². The van der Waals surface area contributed by atoms with E-state index in [4.69, 9.17) is 4.74 Å². The van der Waals surface area contributed by atoms with Gasteiger partial charge < -0.3 is 10.1 Å². The number of carbonyl (C=O) groups excluding carboxylic acids is 2. The van der Waals surface area contributed by atoms with Crippen molar-refractivity contribution >= 4 is 38.2 Å². The van der Waals surface area contributed by atoms with Crippen molar-refractivity contribution in [2.75, 3.05) is 18.2 Å². The smallest absolute Gasteiger partial charge is 0.311 e. The average molecular weight is 477 g/mol. The van der Waals surface area contributed by atoms with Gasteiger partial charge in [0.15, 0.2) is 15.0 Å². The van der Waals surface area contributed by atoms with E-state index in [1.165, 1.54) is 30.4 Å². The molecule has 1 aromatic heterocycles. The van der Waals surface area contributed by atoms with Crippen molar-refractivity contribution in [2.24, 2.45) is 11.8 Å². The Morgan fingerprint density at radius 2 is 1.91 bits per heavy atom. The highest BCUT2D eigenvalue weighted by Gasteiger charge is 2.63. The van der Waals surface area contributed by atoms with Crippen LogP contribution in [0, 0.1) is 11.8 Å². The van der Waals surface area contributed by atoms with Crippen LogP contribution in [0.15, 0.2) is 34.5 Å². The molecule has 32 heavy (non-hydrogen) atoms. The summed E-state index contributed by atoms with van der Waals surface area (Å²) in [4.78, 5) is 29.9. The summed E-state index contributed by atoms with van der Waals surface area (Å²) in [5, 5.41) is 5.17. The summed E-state index contributed by atoms with van der Waals surface area (Å²) in [7, 11) is -3.30. The van der Waals surface area contributed by atoms with Crippen molar-refractivity contribution in [3.8, 4) is 0 Å². The van der Waals surface area contributed by atoms with E-state index in [0.717, 1.165) is 24.8 Å². The van der Waals surface area contributed by atoms with Gasteiger partial charge in [0, 0.05) is 11.6 Å². The molecule has 1 amide bonds. The number of nitrogens with zero attached hydrogens (tertiary/aromatic N) is 1. The summed E-state index contributed by atoms with van der Waals surface area (Å²) in [6.07, 6.45) is 6.64. The van der Waals surface area contributed by atoms with Crippen molar-refractivity contribution in [3.05, 3.63) is 40.9 Å². The Morgan fingerprint density at radius 3 is 2.53 bits per heavy atom. The Morgan fingerprint density at radius 1 is 1.22 bits per heavy atom. The van der Waals surface area contributed by atoms with Gasteiger partial charge in [0.25, 0.3) is 0 Å².